The number of rotatable bonds is 6. The molecule has 2 rings (SSSR count). The molecule has 1 aromatic rings. The van der Waals surface area contributed by atoms with Gasteiger partial charge < -0.3 is 10.5 Å². The molecule has 0 bridgehead atoms. The molecule has 1 fully saturated rings. The zero-order valence-electron chi connectivity index (χ0n) is 10.6. The van der Waals surface area contributed by atoms with Gasteiger partial charge in [-0.15, -0.1) is 0 Å². The van der Waals surface area contributed by atoms with Crippen LogP contribution in [-0.2, 0) is 9.84 Å². The Morgan fingerprint density at radius 1 is 1.28 bits per heavy atom. The molecule has 1 aliphatic carbocycles. The largest absolute Gasteiger partial charge is 0.493 e. The topological polar surface area (TPSA) is 69.4 Å². The lowest BCUT2D eigenvalue weighted by atomic mass is 10.0. The predicted octanol–water partition coefficient (Wildman–Crippen LogP) is 1.60. The molecule has 0 aromatic heterocycles. The predicted molar refractivity (Wildman–Crippen MR) is 70.4 cm³/mol. The molecular weight excluding hydrogens is 250 g/mol. The van der Waals surface area contributed by atoms with Crippen molar-refractivity contribution in [3.63, 3.8) is 0 Å². The summed E-state index contributed by atoms with van der Waals surface area (Å²) in [5.41, 5.74) is 5.84. The van der Waals surface area contributed by atoms with Gasteiger partial charge in [-0.3, -0.25) is 0 Å². The van der Waals surface area contributed by atoms with E-state index in [1.807, 2.05) is 0 Å². The Hall–Kier alpha value is -1.07. The van der Waals surface area contributed by atoms with E-state index in [0.717, 1.165) is 6.42 Å². The van der Waals surface area contributed by atoms with Crippen molar-refractivity contribution in [1.82, 2.24) is 0 Å². The van der Waals surface area contributed by atoms with E-state index in [2.05, 4.69) is 0 Å². The molecular formula is C13H19NO3S. The normalized spacial score (nSPS) is 17.4. The van der Waals surface area contributed by atoms with Crippen molar-refractivity contribution < 1.29 is 13.2 Å². The highest BCUT2D eigenvalue weighted by Gasteiger charge is 2.42. The van der Waals surface area contributed by atoms with Crippen molar-refractivity contribution in [1.29, 1.82) is 0 Å². The highest BCUT2D eigenvalue weighted by atomic mass is 32.2. The fourth-order valence-corrected chi connectivity index (χ4v) is 2.60. The van der Waals surface area contributed by atoms with Crippen LogP contribution in [0, 0.1) is 5.41 Å². The lowest BCUT2D eigenvalue weighted by Crippen LogP contribution is -2.17. The minimum Gasteiger partial charge on any atom is -0.493 e. The number of nitrogens with two attached hydrogens (primary N) is 1. The van der Waals surface area contributed by atoms with Crippen LogP contribution in [0.25, 0.3) is 0 Å². The molecule has 0 amide bonds. The third kappa shape index (κ3) is 3.23. The average Bonchev–Trinajstić information content (AvgIpc) is 3.07. The Morgan fingerprint density at radius 2 is 1.89 bits per heavy atom. The summed E-state index contributed by atoms with van der Waals surface area (Å²) in [6.07, 6.45) is 4.54. The van der Waals surface area contributed by atoms with Crippen LogP contribution in [-0.4, -0.2) is 27.8 Å². The third-order valence-electron chi connectivity index (χ3n) is 3.43. The Morgan fingerprint density at radius 3 is 2.33 bits per heavy atom. The van der Waals surface area contributed by atoms with Crippen LogP contribution < -0.4 is 10.5 Å². The van der Waals surface area contributed by atoms with E-state index in [0.29, 0.717) is 23.8 Å². The fraction of sp³-hybridized carbons (Fsp3) is 0.538. The monoisotopic (exact) mass is 269 g/mol. The third-order valence-corrected chi connectivity index (χ3v) is 4.56. The van der Waals surface area contributed by atoms with Gasteiger partial charge in [0, 0.05) is 11.7 Å². The van der Waals surface area contributed by atoms with Crippen molar-refractivity contribution in [2.75, 3.05) is 19.4 Å². The molecule has 0 saturated heterocycles. The first-order chi connectivity index (χ1) is 8.45. The zero-order chi connectivity index (χ0) is 13.2. The first-order valence-corrected chi connectivity index (χ1v) is 7.97. The van der Waals surface area contributed by atoms with Gasteiger partial charge in [-0.25, -0.2) is 8.42 Å². The summed E-state index contributed by atoms with van der Waals surface area (Å²) < 4.78 is 28.3. The molecule has 0 atom stereocenters. The molecule has 1 saturated carbocycles. The maximum atomic E-state index is 11.3. The Balaban J connectivity index is 1.95. The van der Waals surface area contributed by atoms with Gasteiger partial charge in [0.15, 0.2) is 9.84 Å². The first kappa shape index (κ1) is 13.4. The summed E-state index contributed by atoms with van der Waals surface area (Å²) in [6.45, 7) is 1.36. The van der Waals surface area contributed by atoms with Crippen LogP contribution in [0.1, 0.15) is 19.3 Å². The SMILES string of the molecule is CS(=O)(=O)c1ccc(OCC2(CCN)CC2)cc1. The van der Waals surface area contributed by atoms with Gasteiger partial charge in [0.2, 0.25) is 0 Å². The quantitative estimate of drug-likeness (QED) is 0.851. The average molecular weight is 269 g/mol. The van der Waals surface area contributed by atoms with Crippen LogP contribution in [0.15, 0.2) is 29.2 Å². The van der Waals surface area contributed by atoms with Gasteiger partial charge in [0.05, 0.1) is 11.5 Å². The lowest BCUT2D eigenvalue weighted by molar-refractivity contribution is 0.227. The molecule has 0 heterocycles. The van der Waals surface area contributed by atoms with Crippen LogP contribution >= 0.6 is 0 Å². The fourth-order valence-electron chi connectivity index (χ4n) is 1.97. The Kier molecular flexibility index (Phi) is 3.64. The van der Waals surface area contributed by atoms with Crippen molar-refractivity contribution in [3.8, 4) is 5.75 Å². The van der Waals surface area contributed by atoms with Crippen LogP contribution in [0.3, 0.4) is 0 Å². The second-order valence-electron chi connectivity index (χ2n) is 5.07. The molecule has 5 heteroatoms. The van der Waals surface area contributed by atoms with Gasteiger partial charge in [-0.1, -0.05) is 0 Å². The molecule has 0 aliphatic heterocycles. The van der Waals surface area contributed by atoms with Crippen molar-refractivity contribution >= 4 is 9.84 Å². The maximum Gasteiger partial charge on any atom is 0.175 e. The minimum atomic E-state index is -3.13. The van der Waals surface area contributed by atoms with Gasteiger partial charge >= 0.3 is 0 Å². The highest BCUT2D eigenvalue weighted by molar-refractivity contribution is 7.90. The highest BCUT2D eigenvalue weighted by Crippen LogP contribution is 2.48. The van der Waals surface area contributed by atoms with E-state index in [-0.39, 0.29) is 5.41 Å². The smallest absolute Gasteiger partial charge is 0.175 e. The maximum absolute atomic E-state index is 11.3. The Bertz CT molecular complexity index is 504. The van der Waals surface area contributed by atoms with E-state index >= 15 is 0 Å². The second kappa shape index (κ2) is 4.90. The number of hydrogen-bond donors (Lipinski definition) is 1. The van der Waals surface area contributed by atoms with Gasteiger partial charge in [0.1, 0.15) is 5.75 Å². The van der Waals surface area contributed by atoms with Crippen molar-refractivity contribution in [2.24, 2.45) is 11.1 Å². The van der Waals surface area contributed by atoms with Crippen LogP contribution in [0.2, 0.25) is 0 Å². The Labute approximate surface area is 108 Å². The van der Waals surface area contributed by atoms with Gasteiger partial charge in [-0.2, -0.15) is 0 Å². The minimum absolute atomic E-state index is 0.268. The second-order valence-corrected chi connectivity index (χ2v) is 7.09. The zero-order valence-corrected chi connectivity index (χ0v) is 11.4. The molecule has 100 valence electrons. The van der Waals surface area contributed by atoms with Crippen molar-refractivity contribution in [3.05, 3.63) is 24.3 Å². The molecule has 2 N–H and O–H groups in total. The van der Waals surface area contributed by atoms with Gasteiger partial charge in [0.25, 0.3) is 0 Å². The molecule has 1 aromatic carbocycles. The molecule has 0 radical (unpaired) electrons. The summed E-state index contributed by atoms with van der Waals surface area (Å²) in [5, 5.41) is 0. The van der Waals surface area contributed by atoms with E-state index in [4.69, 9.17) is 10.5 Å². The van der Waals surface area contributed by atoms with Gasteiger partial charge in [-0.05, 0) is 50.1 Å². The van der Waals surface area contributed by atoms with E-state index in [1.165, 1.54) is 19.1 Å². The number of ether oxygens (including phenoxy) is 1. The number of hydrogen-bond acceptors (Lipinski definition) is 4. The van der Waals surface area contributed by atoms with Crippen LogP contribution in [0.5, 0.6) is 5.75 Å². The summed E-state index contributed by atoms with van der Waals surface area (Å²) >= 11 is 0. The number of sulfone groups is 1. The van der Waals surface area contributed by atoms with E-state index in [1.54, 1.807) is 24.3 Å². The number of benzene rings is 1. The molecule has 4 nitrogen and oxygen atoms in total. The molecule has 18 heavy (non-hydrogen) atoms. The van der Waals surface area contributed by atoms with E-state index < -0.39 is 9.84 Å². The van der Waals surface area contributed by atoms with E-state index in [9.17, 15) is 8.42 Å². The molecule has 0 spiro atoms. The molecule has 1 aliphatic rings. The summed E-state index contributed by atoms with van der Waals surface area (Å²) in [6, 6.07) is 6.56. The summed E-state index contributed by atoms with van der Waals surface area (Å²) in [4.78, 5) is 0.318. The molecule has 0 unspecified atom stereocenters. The summed E-state index contributed by atoms with van der Waals surface area (Å²) in [7, 11) is -3.13. The van der Waals surface area contributed by atoms with Crippen LogP contribution in [0.4, 0.5) is 0 Å². The lowest BCUT2D eigenvalue weighted by Gasteiger charge is -2.15. The summed E-state index contributed by atoms with van der Waals surface area (Å²) in [5.74, 6) is 0.714. The first-order valence-electron chi connectivity index (χ1n) is 6.08. The van der Waals surface area contributed by atoms with Crippen molar-refractivity contribution in [2.45, 2.75) is 24.2 Å². The standard InChI is InChI=1S/C13H19NO3S/c1-18(15,16)12-4-2-11(3-5-12)17-10-13(6-7-13)8-9-14/h2-5H,6-10,14H2,1H3.